The average Bonchev–Trinajstić information content (AvgIpc) is 2.61. The fourth-order valence-electron chi connectivity index (χ4n) is 2.42. The molecule has 162 valence electrons. The number of pyridine rings is 1. The number of aromatic nitrogens is 1. The van der Waals surface area contributed by atoms with Crippen molar-refractivity contribution < 1.29 is 14.3 Å². The van der Waals surface area contributed by atoms with Crippen LogP contribution < -0.4 is 0 Å². The smallest absolute Gasteiger partial charge is 0.410 e. The van der Waals surface area contributed by atoms with Gasteiger partial charge in [-0.2, -0.15) is 0 Å². The van der Waals surface area contributed by atoms with Gasteiger partial charge in [0.2, 0.25) is 0 Å². The van der Waals surface area contributed by atoms with Crippen LogP contribution >= 0.6 is 39.5 Å². The zero-order valence-electron chi connectivity index (χ0n) is 18.1. The van der Waals surface area contributed by atoms with Crippen LogP contribution in [0.25, 0.3) is 0 Å². The van der Waals surface area contributed by atoms with Gasteiger partial charge in [-0.15, -0.1) is 0 Å². The van der Waals surface area contributed by atoms with Crippen LogP contribution in [0.3, 0.4) is 0 Å². The Morgan fingerprint density at radius 1 is 1.29 bits per heavy atom. The number of piperazine rings is 1. The number of carbonyl (C=O) groups excluding carboxylic acids is 1. The van der Waals surface area contributed by atoms with Crippen molar-refractivity contribution in [2.45, 2.75) is 46.3 Å². The predicted octanol–water partition coefficient (Wildman–Crippen LogP) is 5.66. The highest BCUT2D eigenvalue weighted by atomic mass is 79.9. The Morgan fingerprint density at radius 3 is 2.32 bits per heavy atom. The molecule has 2 heterocycles. The summed E-state index contributed by atoms with van der Waals surface area (Å²) in [7, 11) is 3.25. The van der Waals surface area contributed by atoms with Gasteiger partial charge in [0.05, 0.1) is 6.04 Å². The van der Waals surface area contributed by atoms with Crippen molar-refractivity contribution in [2.75, 3.05) is 40.1 Å². The van der Waals surface area contributed by atoms with Crippen molar-refractivity contribution in [1.82, 2.24) is 14.2 Å². The molecule has 1 aromatic rings. The van der Waals surface area contributed by atoms with Gasteiger partial charge in [-0.05, 0) is 60.7 Å². The molecule has 1 aromatic heterocycles. The second-order valence-electron chi connectivity index (χ2n) is 6.72. The quantitative estimate of drug-likeness (QED) is 0.387. The lowest BCUT2D eigenvalue weighted by Crippen LogP contribution is -2.49. The number of rotatable bonds is 2. The van der Waals surface area contributed by atoms with E-state index in [1.807, 2.05) is 53.0 Å². The summed E-state index contributed by atoms with van der Waals surface area (Å²) in [6.45, 7) is 11.6. The van der Waals surface area contributed by atoms with Crippen LogP contribution in [-0.2, 0) is 9.47 Å². The topological polar surface area (TPSA) is 54.9 Å². The molecule has 1 aliphatic heterocycles. The van der Waals surface area contributed by atoms with Crippen LogP contribution in [0, 0.1) is 0 Å². The predicted molar refractivity (Wildman–Crippen MR) is 122 cm³/mol. The summed E-state index contributed by atoms with van der Waals surface area (Å²) in [4.78, 5) is 18.2. The van der Waals surface area contributed by atoms with Crippen molar-refractivity contribution in [3.8, 4) is 0 Å². The molecule has 1 unspecified atom stereocenters. The van der Waals surface area contributed by atoms with Gasteiger partial charge in [0, 0.05) is 33.9 Å². The van der Waals surface area contributed by atoms with Crippen LogP contribution in [0.5, 0.6) is 0 Å². The van der Waals surface area contributed by atoms with Gasteiger partial charge < -0.3 is 14.4 Å². The molecule has 2 rings (SSSR count). The van der Waals surface area contributed by atoms with E-state index in [4.69, 9.17) is 16.3 Å². The highest BCUT2D eigenvalue weighted by Gasteiger charge is 2.33. The molecule has 1 saturated heterocycles. The fourth-order valence-corrected chi connectivity index (χ4v) is 3.91. The number of hydrogen-bond donors (Lipinski definition) is 0. The van der Waals surface area contributed by atoms with Crippen molar-refractivity contribution in [2.24, 2.45) is 0 Å². The molecule has 1 aliphatic rings. The summed E-state index contributed by atoms with van der Waals surface area (Å²) in [5.41, 5.74) is 0.533. The monoisotopic (exact) mass is 497 g/mol. The van der Waals surface area contributed by atoms with Crippen molar-refractivity contribution in [3.63, 3.8) is 0 Å². The van der Waals surface area contributed by atoms with Crippen LogP contribution in [0.15, 0.2) is 16.7 Å². The molecular weight excluding hydrogens is 466 g/mol. The molecule has 0 bridgehead atoms. The van der Waals surface area contributed by atoms with Gasteiger partial charge in [0.1, 0.15) is 15.4 Å². The average molecular weight is 499 g/mol. The van der Waals surface area contributed by atoms with E-state index in [2.05, 4.69) is 30.0 Å². The van der Waals surface area contributed by atoms with Gasteiger partial charge >= 0.3 is 6.09 Å². The van der Waals surface area contributed by atoms with Gasteiger partial charge in [-0.1, -0.05) is 37.4 Å². The molecule has 1 amide bonds. The maximum atomic E-state index is 12.4. The minimum absolute atomic E-state index is 0.0445. The number of methoxy groups -OCH3 is 1. The van der Waals surface area contributed by atoms with E-state index in [9.17, 15) is 4.79 Å². The third-order valence-electron chi connectivity index (χ3n) is 3.39. The van der Waals surface area contributed by atoms with Crippen LogP contribution in [0.2, 0.25) is 5.15 Å². The Morgan fingerprint density at radius 2 is 1.86 bits per heavy atom. The SMILES string of the molecule is CC.COC.CSN1CCN(C(=O)OC(C)(C)C)CC1c1cc(Cl)nc(Br)c1. The molecule has 0 aromatic carbocycles. The molecule has 0 N–H and O–H groups in total. The third-order valence-corrected chi connectivity index (χ3v) is 4.89. The first-order valence-corrected chi connectivity index (χ1v) is 11.5. The Hall–Kier alpha value is -0.540. The first-order valence-electron chi connectivity index (χ1n) is 9.13. The normalized spacial score (nSPS) is 17.1. The molecule has 1 atom stereocenters. The molecule has 0 saturated carbocycles. The molecule has 28 heavy (non-hydrogen) atoms. The number of nitrogens with zero attached hydrogens (tertiary/aromatic N) is 3. The van der Waals surface area contributed by atoms with Crippen molar-refractivity contribution >= 4 is 45.6 Å². The van der Waals surface area contributed by atoms with Crippen LogP contribution in [-0.4, -0.2) is 66.0 Å². The maximum Gasteiger partial charge on any atom is 0.410 e. The largest absolute Gasteiger partial charge is 0.444 e. The summed E-state index contributed by atoms with van der Waals surface area (Å²) in [6.07, 6.45) is 1.76. The number of amides is 1. The van der Waals surface area contributed by atoms with E-state index in [-0.39, 0.29) is 12.1 Å². The zero-order chi connectivity index (χ0) is 21.9. The van der Waals surface area contributed by atoms with Gasteiger partial charge in [-0.25, -0.2) is 14.1 Å². The number of carbonyl (C=O) groups is 1. The fraction of sp³-hybridized carbons (Fsp3) is 0.684. The minimum atomic E-state index is -0.494. The highest BCUT2D eigenvalue weighted by molar-refractivity contribution is 9.10. The molecule has 9 heteroatoms. The van der Waals surface area contributed by atoms with Crippen molar-refractivity contribution in [1.29, 1.82) is 0 Å². The summed E-state index contributed by atoms with van der Waals surface area (Å²) in [5, 5.41) is 0.435. The number of halogens is 2. The first kappa shape index (κ1) is 27.5. The molecular formula is C19H33BrClN3O3S. The van der Waals surface area contributed by atoms with E-state index in [1.54, 1.807) is 31.1 Å². The van der Waals surface area contributed by atoms with Gasteiger partial charge in [0.25, 0.3) is 0 Å². The Labute approximate surface area is 187 Å². The summed E-state index contributed by atoms with van der Waals surface area (Å²) < 4.78 is 12.7. The van der Waals surface area contributed by atoms with E-state index < -0.39 is 5.60 Å². The third kappa shape index (κ3) is 9.78. The standard InChI is InChI=1S/C15H21BrClN3O2S.C2H6O.C2H6/c1-15(2,3)22-14(21)19-5-6-20(23-4)11(9-19)10-7-12(16)18-13(17)8-10;1-3-2;1-2/h7-8,11H,5-6,9H2,1-4H3;1-2H3;1-2H3. The summed E-state index contributed by atoms with van der Waals surface area (Å²) >= 11 is 11.1. The molecule has 6 nitrogen and oxygen atoms in total. The first-order chi connectivity index (χ1) is 13.1. The summed E-state index contributed by atoms with van der Waals surface area (Å²) in [5.74, 6) is 0. The van der Waals surface area contributed by atoms with Crippen LogP contribution in [0.1, 0.15) is 46.2 Å². The van der Waals surface area contributed by atoms with E-state index >= 15 is 0 Å². The minimum Gasteiger partial charge on any atom is -0.444 e. The number of hydrogen-bond acceptors (Lipinski definition) is 6. The number of ether oxygens (including phenoxy) is 2. The molecule has 0 spiro atoms. The molecule has 0 aliphatic carbocycles. The Kier molecular flexibility index (Phi) is 13.4. The Balaban J connectivity index is 0.00000133. The molecule has 0 radical (unpaired) electrons. The second kappa shape index (κ2) is 13.6. The van der Waals surface area contributed by atoms with E-state index in [0.717, 1.165) is 12.1 Å². The van der Waals surface area contributed by atoms with E-state index in [0.29, 0.717) is 22.8 Å². The van der Waals surface area contributed by atoms with Crippen LogP contribution in [0.4, 0.5) is 4.79 Å². The maximum absolute atomic E-state index is 12.4. The van der Waals surface area contributed by atoms with Crippen molar-refractivity contribution in [3.05, 3.63) is 27.5 Å². The lowest BCUT2D eigenvalue weighted by molar-refractivity contribution is 0.0140. The van der Waals surface area contributed by atoms with Gasteiger partial charge in [-0.3, -0.25) is 0 Å². The summed E-state index contributed by atoms with van der Waals surface area (Å²) in [6, 6.07) is 3.83. The lowest BCUT2D eigenvalue weighted by Gasteiger charge is -2.40. The second-order valence-corrected chi connectivity index (χ2v) is 8.75. The van der Waals surface area contributed by atoms with Gasteiger partial charge in [0.15, 0.2) is 0 Å². The Bertz CT molecular complexity index is 582. The van der Waals surface area contributed by atoms with E-state index in [1.165, 1.54) is 0 Å². The highest BCUT2D eigenvalue weighted by Crippen LogP contribution is 2.32. The lowest BCUT2D eigenvalue weighted by atomic mass is 10.1. The zero-order valence-corrected chi connectivity index (χ0v) is 21.2. The molecule has 1 fully saturated rings.